The van der Waals surface area contributed by atoms with Gasteiger partial charge in [-0.05, 0) is 69.9 Å². The Balaban J connectivity index is 1.57. The van der Waals surface area contributed by atoms with Gasteiger partial charge in [-0.2, -0.15) is 0 Å². The van der Waals surface area contributed by atoms with Crippen LogP contribution in [0, 0.1) is 12.3 Å². The number of ketones is 1. The Bertz CT molecular complexity index is 1350. The highest BCUT2D eigenvalue weighted by Gasteiger charge is 2.57. The molecule has 1 aliphatic heterocycles. The van der Waals surface area contributed by atoms with Crippen LogP contribution in [0.4, 0.5) is 0 Å². The number of benzene rings is 2. The molecule has 40 heavy (non-hydrogen) atoms. The van der Waals surface area contributed by atoms with Crippen molar-refractivity contribution in [3.63, 3.8) is 0 Å². The highest BCUT2D eigenvalue weighted by atomic mass is 16.7. The molecule has 0 amide bonds. The molecule has 0 radical (unpaired) electrons. The molecule has 218 valence electrons. The summed E-state index contributed by atoms with van der Waals surface area (Å²) in [6, 6.07) is 2.15. The van der Waals surface area contributed by atoms with E-state index in [2.05, 4.69) is 0 Å². The second-order valence-corrected chi connectivity index (χ2v) is 11.8. The van der Waals surface area contributed by atoms with Crippen molar-refractivity contribution in [3.05, 3.63) is 28.8 Å². The lowest BCUT2D eigenvalue weighted by molar-refractivity contribution is -0.311. The standard InChI is InChI=1S/C29H36O11/c1-13-18(14(2)30)21(32)19-16(20(13)31)10-15(26(36)37)11-17(19)39-27-24(35)22(33)23(34)25(40-27)29(38)9-5-8-28(12-29)6-3-4-7-28/h10-11,22-25,27,31-35,38H,3-9,12H2,1-2H3,(H,36,37)/t22-,23-,24+,25-,27-,29+/m0/s1. The average molecular weight is 561 g/mol. The number of fused-ring (bicyclic) bond motifs is 1. The predicted molar refractivity (Wildman–Crippen MR) is 141 cm³/mol. The number of phenolic OH excluding ortho intramolecular Hbond substituents is 2. The number of hydrogen-bond acceptors (Lipinski definition) is 10. The van der Waals surface area contributed by atoms with Gasteiger partial charge in [0.05, 0.1) is 22.1 Å². The number of carboxylic acids is 1. The molecule has 11 heteroatoms. The first-order valence-electron chi connectivity index (χ1n) is 13.6. The lowest BCUT2D eigenvalue weighted by Crippen LogP contribution is -2.66. The molecule has 3 aliphatic rings. The zero-order valence-corrected chi connectivity index (χ0v) is 22.5. The van der Waals surface area contributed by atoms with Crippen molar-refractivity contribution in [2.45, 2.75) is 102 Å². The number of aliphatic hydroxyl groups is 4. The molecular weight excluding hydrogens is 524 g/mol. The summed E-state index contributed by atoms with van der Waals surface area (Å²) in [5.41, 5.74) is -2.10. The van der Waals surface area contributed by atoms with Crippen molar-refractivity contribution in [1.29, 1.82) is 0 Å². The van der Waals surface area contributed by atoms with Crippen molar-refractivity contribution in [3.8, 4) is 17.2 Å². The zero-order chi connectivity index (χ0) is 29.1. The summed E-state index contributed by atoms with van der Waals surface area (Å²) in [7, 11) is 0. The van der Waals surface area contributed by atoms with Gasteiger partial charge < -0.3 is 45.2 Å². The SMILES string of the molecule is CC(=O)c1c(C)c(O)c2cc(C(=O)O)cc(O[C@H]3O[C@H]([C@@]4(O)CCCC5(CCCC5)C4)[C@@H](O)[C@H](O)[C@H]3O)c2c1O. The van der Waals surface area contributed by atoms with Gasteiger partial charge in [0.1, 0.15) is 41.7 Å². The second-order valence-electron chi connectivity index (χ2n) is 11.8. The van der Waals surface area contributed by atoms with Crippen LogP contribution in [0.15, 0.2) is 12.1 Å². The Kier molecular flexibility index (Phi) is 7.25. The first-order chi connectivity index (χ1) is 18.8. The van der Waals surface area contributed by atoms with Crippen molar-refractivity contribution in [2.24, 2.45) is 5.41 Å². The molecule has 0 bridgehead atoms. The van der Waals surface area contributed by atoms with E-state index in [9.17, 15) is 45.3 Å². The van der Waals surface area contributed by atoms with E-state index in [0.29, 0.717) is 19.3 Å². The van der Waals surface area contributed by atoms with Crippen LogP contribution < -0.4 is 4.74 Å². The molecule has 6 atom stereocenters. The number of ether oxygens (including phenoxy) is 2. The molecule has 0 unspecified atom stereocenters. The van der Waals surface area contributed by atoms with E-state index >= 15 is 0 Å². The highest BCUT2D eigenvalue weighted by molar-refractivity contribution is 6.11. The molecule has 2 saturated carbocycles. The van der Waals surface area contributed by atoms with Gasteiger partial charge in [0.25, 0.3) is 0 Å². The maximum absolute atomic E-state index is 12.3. The fraction of sp³-hybridized carbons (Fsp3) is 0.586. The zero-order valence-electron chi connectivity index (χ0n) is 22.5. The second kappa shape index (κ2) is 10.1. The van der Waals surface area contributed by atoms with Crippen LogP contribution in [0.25, 0.3) is 10.8 Å². The van der Waals surface area contributed by atoms with Crippen molar-refractivity contribution >= 4 is 22.5 Å². The normalized spacial score (nSPS) is 31.9. The fourth-order valence-electron chi connectivity index (χ4n) is 7.22. The Morgan fingerprint density at radius 2 is 1.60 bits per heavy atom. The van der Waals surface area contributed by atoms with Gasteiger partial charge in [-0.15, -0.1) is 0 Å². The van der Waals surface area contributed by atoms with E-state index in [0.717, 1.165) is 44.2 Å². The minimum Gasteiger partial charge on any atom is -0.507 e. The number of Topliss-reactive ketones (excluding diaryl/α,β-unsaturated/α-hetero) is 1. The molecule has 2 aliphatic carbocycles. The summed E-state index contributed by atoms with van der Waals surface area (Å²) in [6.07, 6.45) is -2.01. The molecule has 1 heterocycles. The number of hydrogen-bond donors (Lipinski definition) is 7. The van der Waals surface area contributed by atoms with E-state index in [-0.39, 0.29) is 38.6 Å². The summed E-state index contributed by atoms with van der Waals surface area (Å²) in [5, 5.41) is 75.5. The lowest BCUT2D eigenvalue weighted by atomic mass is 9.63. The third kappa shape index (κ3) is 4.59. The number of aromatic carboxylic acids is 1. The highest BCUT2D eigenvalue weighted by Crippen LogP contribution is 2.54. The maximum atomic E-state index is 12.3. The Labute approximate surface area is 230 Å². The number of carbonyl (C=O) groups excluding carboxylic acids is 1. The molecule has 3 fully saturated rings. The van der Waals surface area contributed by atoms with Crippen LogP contribution in [-0.2, 0) is 4.74 Å². The molecule has 7 N–H and O–H groups in total. The third-order valence-corrected chi connectivity index (χ3v) is 9.16. The van der Waals surface area contributed by atoms with Gasteiger partial charge in [0.15, 0.2) is 5.78 Å². The summed E-state index contributed by atoms with van der Waals surface area (Å²) in [5.74, 6) is -3.30. The monoisotopic (exact) mass is 560 g/mol. The van der Waals surface area contributed by atoms with Gasteiger partial charge in [-0.3, -0.25) is 4.79 Å². The van der Waals surface area contributed by atoms with Crippen molar-refractivity contribution in [1.82, 2.24) is 0 Å². The number of carboxylic acid groups (broad SMARTS) is 1. The van der Waals surface area contributed by atoms with Gasteiger partial charge >= 0.3 is 5.97 Å². The topological polar surface area (TPSA) is 194 Å². The summed E-state index contributed by atoms with van der Waals surface area (Å²) in [4.78, 5) is 24.2. The molecule has 2 aromatic rings. The minimum absolute atomic E-state index is 0.0407. The van der Waals surface area contributed by atoms with Crippen LogP contribution in [0.5, 0.6) is 17.2 Å². The number of aliphatic hydroxyl groups excluding tert-OH is 3. The first kappa shape index (κ1) is 28.6. The van der Waals surface area contributed by atoms with E-state index in [1.165, 1.54) is 13.8 Å². The summed E-state index contributed by atoms with van der Waals surface area (Å²) >= 11 is 0. The predicted octanol–water partition coefficient (Wildman–Crippen LogP) is 2.51. The van der Waals surface area contributed by atoms with Gasteiger partial charge in [-0.1, -0.05) is 12.8 Å². The molecule has 11 nitrogen and oxygen atoms in total. The van der Waals surface area contributed by atoms with Crippen LogP contribution in [0.1, 0.15) is 84.6 Å². The molecule has 1 saturated heterocycles. The smallest absolute Gasteiger partial charge is 0.335 e. The fourth-order valence-corrected chi connectivity index (χ4v) is 7.22. The van der Waals surface area contributed by atoms with Crippen molar-refractivity contribution in [2.75, 3.05) is 0 Å². The molecular formula is C29H36O11. The third-order valence-electron chi connectivity index (χ3n) is 9.16. The Hall–Kier alpha value is -2.96. The van der Waals surface area contributed by atoms with Gasteiger partial charge in [0.2, 0.25) is 6.29 Å². The van der Waals surface area contributed by atoms with Crippen molar-refractivity contribution < 1.29 is 54.8 Å². The van der Waals surface area contributed by atoms with E-state index in [1.54, 1.807) is 0 Å². The lowest BCUT2D eigenvalue weighted by Gasteiger charge is -2.51. The van der Waals surface area contributed by atoms with Crippen LogP contribution in [0.2, 0.25) is 0 Å². The van der Waals surface area contributed by atoms with Crippen LogP contribution in [-0.4, -0.2) is 83.8 Å². The summed E-state index contributed by atoms with van der Waals surface area (Å²) in [6.45, 7) is 2.59. The summed E-state index contributed by atoms with van der Waals surface area (Å²) < 4.78 is 11.8. The van der Waals surface area contributed by atoms with E-state index < -0.39 is 59.6 Å². The first-order valence-corrected chi connectivity index (χ1v) is 13.6. The average Bonchev–Trinajstić information content (AvgIpc) is 3.33. The number of rotatable bonds is 5. The molecule has 5 rings (SSSR count). The molecule has 0 aromatic heterocycles. The van der Waals surface area contributed by atoms with E-state index in [1.807, 2.05) is 0 Å². The van der Waals surface area contributed by atoms with Crippen LogP contribution in [0.3, 0.4) is 0 Å². The molecule has 1 spiro atoms. The maximum Gasteiger partial charge on any atom is 0.335 e. The largest absolute Gasteiger partial charge is 0.507 e. The quantitative estimate of drug-likeness (QED) is 0.210. The molecule has 2 aromatic carbocycles. The Morgan fingerprint density at radius 1 is 0.950 bits per heavy atom. The number of carbonyl (C=O) groups is 2. The minimum atomic E-state index is -1.82. The number of phenols is 2. The number of aromatic hydroxyl groups is 2. The van der Waals surface area contributed by atoms with E-state index in [4.69, 9.17) is 9.47 Å². The Morgan fingerprint density at radius 3 is 2.23 bits per heavy atom. The van der Waals surface area contributed by atoms with Gasteiger partial charge in [-0.25, -0.2) is 4.79 Å². The van der Waals surface area contributed by atoms with Gasteiger partial charge in [0, 0.05) is 10.9 Å². The van der Waals surface area contributed by atoms with Crippen LogP contribution >= 0.6 is 0 Å².